The van der Waals surface area contributed by atoms with Crippen molar-refractivity contribution in [3.05, 3.63) is 51.1 Å². The Bertz CT molecular complexity index is 646. The summed E-state index contributed by atoms with van der Waals surface area (Å²) >= 11 is 9.13. The maximum Gasteiger partial charge on any atom is 0.339 e. The van der Waals surface area contributed by atoms with E-state index in [2.05, 4.69) is 20.9 Å². The Morgan fingerprint density at radius 2 is 2.16 bits per heavy atom. The Labute approximate surface area is 123 Å². The fourth-order valence-corrected chi connectivity index (χ4v) is 1.94. The fraction of sp³-hybridized carbons (Fsp3) is 0.0769. The molecule has 1 heterocycles. The van der Waals surface area contributed by atoms with Crippen LogP contribution in [0.3, 0.4) is 0 Å². The van der Waals surface area contributed by atoms with Crippen LogP contribution in [-0.2, 0) is 0 Å². The van der Waals surface area contributed by atoms with Gasteiger partial charge in [-0.2, -0.15) is 0 Å². The van der Waals surface area contributed by atoms with Crippen molar-refractivity contribution in [3.63, 3.8) is 0 Å². The van der Waals surface area contributed by atoms with Crippen molar-refractivity contribution >= 4 is 33.5 Å². The summed E-state index contributed by atoms with van der Waals surface area (Å²) in [5.74, 6) is -0.609. The van der Waals surface area contributed by atoms with Gasteiger partial charge in [0.15, 0.2) is 0 Å². The molecule has 0 unspecified atom stereocenters. The van der Waals surface area contributed by atoms with Crippen molar-refractivity contribution in [2.75, 3.05) is 0 Å². The lowest BCUT2D eigenvalue weighted by molar-refractivity contribution is 0.0694. The molecule has 0 atom stereocenters. The first-order valence-electron chi connectivity index (χ1n) is 5.31. The molecule has 1 aromatic heterocycles. The van der Waals surface area contributed by atoms with E-state index in [1.54, 1.807) is 12.3 Å². The Balaban J connectivity index is 2.44. The van der Waals surface area contributed by atoms with Crippen LogP contribution in [-0.4, -0.2) is 16.1 Å². The molecular formula is C13H9BrClNO3. The van der Waals surface area contributed by atoms with Gasteiger partial charge in [-0.15, -0.1) is 0 Å². The number of carboxylic acids is 1. The molecule has 0 bridgehead atoms. The lowest BCUT2D eigenvalue weighted by atomic mass is 10.2. The smallest absolute Gasteiger partial charge is 0.339 e. The number of hydrogen-bond acceptors (Lipinski definition) is 3. The molecule has 98 valence electrons. The van der Waals surface area contributed by atoms with Crippen LogP contribution < -0.4 is 4.74 Å². The number of ether oxygens (including phenoxy) is 1. The van der Waals surface area contributed by atoms with Crippen LogP contribution in [0.5, 0.6) is 11.6 Å². The van der Waals surface area contributed by atoms with Crippen molar-refractivity contribution in [2.45, 2.75) is 6.92 Å². The SMILES string of the molecule is Cc1ccnc(Oc2ccc(Cl)cc2C(=O)O)c1Br. The van der Waals surface area contributed by atoms with Gasteiger partial charge < -0.3 is 9.84 Å². The lowest BCUT2D eigenvalue weighted by Gasteiger charge is -2.10. The van der Waals surface area contributed by atoms with E-state index in [0.717, 1.165) is 5.56 Å². The molecule has 0 aliphatic carbocycles. The zero-order valence-electron chi connectivity index (χ0n) is 9.85. The second kappa shape index (κ2) is 5.59. The van der Waals surface area contributed by atoms with Gasteiger partial charge in [-0.25, -0.2) is 9.78 Å². The molecule has 4 nitrogen and oxygen atoms in total. The quantitative estimate of drug-likeness (QED) is 0.903. The van der Waals surface area contributed by atoms with Crippen LogP contribution in [0.15, 0.2) is 34.9 Å². The van der Waals surface area contributed by atoms with E-state index in [-0.39, 0.29) is 11.3 Å². The molecule has 0 saturated heterocycles. The van der Waals surface area contributed by atoms with Gasteiger partial charge in [0, 0.05) is 11.2 Å². The number of halogens is 2. The maximum atomic E-state index is 11.1. The number of aryl methyl sites for hydroxylation is 1. The van der Waals surface area contributed by atoms with Crippen molar-refractivity contribution in [1.29, 1.82) is 0 Å². The standard InChI is InChI=1S/C13H9BrClNO3/c1-7-4-5-16-12(11(7)14)19-10-3-2-8(15)6-9(10)13(17)18/h2-6H,1H3,(H,17,18). The van der Waals surface area contributed by atoms with Gasteiger partial charge in [-0.3, -0.25) is 0 Å². The average molecular weight is 343 g/mol. The minimum Gasteiger partial charge on any atom is -0.478 e. The molecule has 0 saturated carbocycles. The van der Waals surface area contributed by atoms with Gasteiger partial charge in [0.25, 0.3) is 0 Å². The van der Waals surface area contributed by atoms with Crippen LogP contribution in [0.4, 0.5) is 0 Å². The highest BCUT2D eigenvalue weighted by Crippen LogP contribution is 2.32. The summed E-state index contributed by atoms with van der Waals surface area (Å²) in [6.07, 6.45) is 1.59. The van der Waals surface area contributed by atoms with E-state index in [1.807, 2.05) is 13.0 Å². The number of carboxylic acid groups (broad SMARTS) is 1. The van der Waals surface area contributed by atoms with Gasteiger partial charge >= 0.3 is 5.97 Å². The van der Waals surface area contributed by atoms with Crippen LogP contribution in [0.2, 0.25) is 5.02 Å². The zero-order chi connectivity index (χ0) is 14.0. The predicted octanol–water partition coefficient (Wildman–Crippen LogP) is 4.30. The fourth-order valence-electron chi connectivity index (χ4n) is 1.45. The number of pyridine rings is 1. The topological polar surface area (TPSA) is 59.4 Å². The second-order valence-electron chi connectivity index (χ2n) is 3.79. The van der Waals surface area contributed by atoms with Gasteiger partial charge in [0.05, 0.1) is 4.47 Å². The number of carbonyl (C=O) groups is 1. The minimum atomic E-state index is -1.11. The number of nitrogens with zero attached hydrogens (tertiary/aromatic N) is 1. The summed E-state index contributed by atoms with van der Waals surface area (Å²) in [6, 6.07) is 6.22. The molecule has 0 aliphatic rings. The Morgan fingerprint density at radius 3 is 2.84 bits per heavy atom. The highest BCUT2D eigenvalue weighted by Gasteiger charge is 2.15. The molecule has 6 heteroatoms. The van der Waals surface area contributed by atoms with Crippen LogP contribution in [0, 0.1) is 6.92 Å². The van der Waals surface area contributed by atoms with Crippen molar-refractivity contribution < 1.29 is 14.6 Å². The molecule has 1 aromatic carbocycles. The highest BCUT2D eigenvalue weighted by atomic mass is 79.9. The summed E-state index contributed by atoms with van der Waals surface area (Å²) in [6.45, 7) is 1.89. The highest BCUT2D eigenvalue weighted by molar-refractivity contribution is 9.10. The Morgan fingerprint density at radius 1 is 1.42 bits per heavy atom. The third kappa shape index (κ3) is 3.05. The van der Waals surface area contributed by atoms with Crippen molar-refractivity contribution in [1.82, 2.24) is 4.98 Å². The van der Waals surface area contributed by atoms with Crippen LogP contribution in [0.25, 0.3) is 0 Å². The molecule has 19 heavy (non-hydrogen) atoms. The molecule has 2 rings (SSSR count). The molecule has 1 N–H and O–H groups in total. The molecule has 0 spiro atoms. The Kier molecular flexibility index (Phi) is 4.07. The summed E-state index contributed by atoms with van der Waals surface area (Å²) in [7, 11) is 0. The summed E-state index contributed by atoms with van der Waals surface area (Å²) in [5, 5.41) is 9.46. The van der Waals surface area contributed by atoms with E-state index in [0.29, 0.717) is 15.4 Å². The minimum absolute atomic E-state index is 0.0114. The first-order chi connectivity index (χ1) is 8.99. The molecule has 0 amide bonds. The van der Waals surface area contributed by atoms with Crippen LogP contribution in [0.1, 0.15) is 15.9 Å². The monoisotopic (exact) mass is 341 g/mol. The molecule has 2 aromatic rings. The summed E-state index contributed by atoms with van der Waals surface area (Å²) in [4.78, 5) is 15.2. The van der Waals surface area contributed by atoms with Gasteiger partial charge in [0.2, 0.25) is 5.88 Å². The van der Waals surface area contributed by atoms with E-state index in [9.17, 15) is 4.79 Å². The van der Waals surface area contributed by atoms with E-state index in [1.165, 1.54) is 12.1 Å². The van der Waals surface area contributed by atoms with Gasteiger partial charge in [0.1, 0.15) is 11.3 Å². The Hall–Kier alpha value is -1.59. The maximum absolute atomic E-state index is 11.1. The number of rotatable bonds is 3. The molecule has 0 aliphatic heterocycles. The number of aromatic carboxylic acids is 1. The molecule has 0 fully saturated rings. The first-order valence-corrected chi connectivity index (χ1v) is 6.48. The zero-order valence-corrected chi connectivity index (χ0v) is 12.2. The normalized spacial score (nSPS) is 10.3. The number of benzene rings is 1. The summed E-state index contributed by atoms with van der Waals surface area (Å²) < 4.78 is 6.22. The largest absolute Gasteiger partial charge is 0.478 e. The van der Waals surface area contributed by atoms with Gasteiger partial charge in [-0.1, -0.05) is 11.6 Å². The molecular weight excluding hydrogens is 334 g/mol. The number of aromatic nitrogens is 1. The third-order valence-electron chi connectivity index (χ3n) is 2.43. The van der Waals surface area contributed by atoms with Crippen molar-refractivity contribution in [3.8, 4) is 11.6 Å². The first kappa shape index (κ1) is 13.8. The molecule has 0 radical (unpaired) electrons. The van der Waals surface area contributed by atoms with E-state index < -0.39 is 5.97 Å². The average Bonchev–Trinajstić information content (AvgIpc) is 2.36. The van der Waals surface area contributed by atoms with E-state index in [4.69, 9.17) is 21.4 Å². The predicted molar refractivity (Wildman–Crippen MR) is 75.2 cm³/mol. The van der Waals surface area contributed by atoms with Crippen LogP contribution >= 0.6 is 27.5 Å². The van der Waals surface area contributed by atoms with E-state index >= 15 is 0 Å². The van der Waals surface area contributed by atoms with Crippen molar-refractivity contribution in [2.24, 2.45) is 0 Å². The second-order valence-corrected chi connectivity index (χ2v) is 5.02. The summed E-state index contributed by atoms with van der Waals surface area (Å²) in [5.41, 5.74) is 0.929. The third-order valence-corrected chi connectivity index (χ3v) is 3.63. The van der Waals surface area contributed by atoms with Gasteiger partial charge in [-0.05, 0) is 52.7 Å². The number of hydrogen-bond donors (Lipinski definition) is 1. The lowest BCUT2D eigenvalue weighted by Crippen LogP contribution is -2.01.